The van der Waals surface area contributed by atoms with E-state index in [1.807, 2.05) is 62.6 Å². The number of H-pyrrole nitrogens is 1. The molecule has 0 saturated heterocycles. The van der Waals surface area contributed by atoms with Gasteiger partial charge in [0.1, 0.15) is 6.20 Å². The van der Waals surface area contributed by atoms with Crippen LogP contribution in [-0.2, 0) is 6.54 Å². The highest BCUT2D eigenvalue weighted by Gasteiger charge is 2.18. The highest BCUT2D eigenvalue weighted by atomic mass is 16.6. The van der Waals surface area contributed by atoms with Crippen molar-refractivity contribution in [3.05, 3.63) is 76.1 Å². The normalized spacial score (nSPS) is 10.7. The summed E-state index contributed by atoms with van der Waals surface area (Å²) in [6.45, 7) is 2.40. The average Bonchev–Trinajstić information content (AvgIpc) is 3.22. The lowest BCUT2D eigenvalue weighted by Gasteiger charge is -2.11. The van der Waals surface area contributed by atoms with Crippen molar-refractivity contribution in [3.63, 3.8) is 0 Å². The monoisotopic (exact) mass is 403 g/mol. The Morgan fingerprint density at radius 2 is 2.03 bits per heavy atom. The van der Waals surface area contributed by atoms with E-state index in [-0.39, 0.29) is 17.5 Å². The molecule has 4 aromatic rings. The summed E-state index contributed by atoms with van der Waals surface area (Å²) < 4.78 is 0. The zero-order valence-corrected chi connectivity index (χ0v) is 16.6. The van der Waals surface area contributed by atoms with E-state index in [1.165, 1.54) is 6.20 Å². The molecule has 0 aliphatic carbocycles. The topological polar surface area (TPSA) is 121 Å². The molecule has 0 atom stereocenters. The first-order chi connectivity index (χ1) is 14.5. The number of nitro groups is 1. The van der Waals surface area contributed by atoms with Gasteiger partial charge in [0.25, 0.3) is 0 Å². The first-order valence-electron chi connectivity index (χ1n) is 9.41. The maximum Gasteiger partial charge on any atom is 0.329 e. The SMILES string of the molecule is CNc1ccc(CNc2nc(Nc3cccc4[nH]ccc34)ncc2[N+](=O)[O-])cc1C. The summed E-state index contributed by atoms with van der Waals surface area (Å²) in [6, 6.07) is 13.7. The summed E-state index contributed by atoms with van der Waals surface area (Å²) in [5.41, 5.74) is 4.73. The number of rotatable bonds is 7. The van der Waals surface area contributed by atoms with Gasteiger partial charge in [-0.1, -0.05) is 18.2 Å². The van der Waals surface area contributed by atoms with E-state index < -0.39 is 4.92 Å². The van der Waals surface area contributed by atoms with Crippen molar-refractivity contribution in [2.45, 2.75) is 13.5 Å². The van der Waals surface area contributed by atoms with E-state index >= 15 is 0 Å². The molecule has 30 heavy (non-hydrogen) atoms. The largest absolute Gasteiger partial charge is 0.388 e. The summed E-state index contributed by atoms with van der Waals surface area (Å²) in [5.74, 6) is 0.438. The summed E-state index contributed by atoms with van der Waals surface area (Å²) in [5, 5.41) is 21.8. The minimum Gasteiger partial charge on any atom is -0.388 e. The Labute approximate surface area is 172 Å². The van der Waals surface area contributed by atoms with Crippen molar-refractivity contribution >= 4 is 39.7 Å². The van der Waals surface area contributed by atoms with Crippen molar-refractivity contribution in [1.29, 1.82) is 0 Å². The Hall–Kier alpha value is -4.14. The number of aryl methyl sites for hydroxylation is 1. The zero-order valence-electron chi connectivity index (χ0n) is 16.6. The van der Waals surface area contributed by atoms with Gasteiger partial charge in [-0.3, -0.25) is 10.1 Å². The molecule has 0 saturated carbocycles. The van der Waals surface area contributed by atoms with E-state index in [4.69, 9.17) is 0 Å². The number of nitrogens with zero attached hydrogens (tertiary/aromatic N) is 3. The van der Waals surface area contributed by atoms with Gasteiger partial charge in [-0.2, -0.15) is 4.98 Å². The van der Waals surface area contributed by atoms with Gasteiger partial charge in [0.2, 0.25) is 11.8 Å². The van der Waals surface area contributed by atoms with E-state index in [2.05, 4.69) is 30.9 Å². The number of aromatic nitrogens is 3. The number of hydrogen-bond acceptors (Lipinski definition) is 7. The quantitative estimate of drug-likeness (QED) is 0.263. The molecule has 0 fully saturated rings. The Kier molecular flexibility index (Phi) is 5.17. The minimum atomic E-state index is -0.492. The van der Waals surface area contributed by atoms with Crippen LogP contribution in [0.4, 0.5) is 28.8 Å². The van der Waals surface area contributed by atoms with Gasteiger partial charge < -0.3 is 20.9 Å². The molecule has 2 aromatic heterocycles. The van der Waals surface area contributed by atoms with Crippen LogP contribution in [0.2, 0.25) is 0 Å². The highest BCUT2D eigenvalue weighted by Crippen LogP contribution is 2.27. The second-order valence-corrected chi connectivity index (χ2v) is 6.81. The molecule has 0 aliphatic heterocycles. The third-order valence-corrected chi connectivity index (χ3v) is 4.83. The van der Waals surface area contributed by atoms with Crippen LogP contribution >= 0.6 is 0 Å². The lowest BCUT2D eigenvalue weighted by molar-refractivity contribution is -0.384. The van der Waals surface area contributed by atoms with Crippen LogP contribution in [0.15, 0.2) is 54.9 Å². The summed E-state index contributed by atoms with van der Waals surface area (Å²) in [6.07, 6.45) is 3.06. The molecule has 0 bridgehead atoms. The first kappa shape index (κ1) is 19.2. The van der Waals surface area contributed by atoms with E-state index in [0.717, 1.165) is 33.4 Å². The molecule has 2 heterocycles. The molecular formula is C21H21N7O2. The molecular weight excluding hydrogens is 382 g/mol. The number of nitrogens with one attached hydrogen (secondary N) is 4. The number of fused-ring (bicyclic) bond motifs is 1. The van der Waals surface area contributed by atoms with Crippen molar-refractivity contribution in [2.75, 3.05) is 23.0 Å². The Morgan fingerprint density at radius 3 is 2.80 bits per heavy atom. The molecule has 0 amide bonds. The van der Waals surface area contributed by atoms with Gasteiger partial charge in [0.05, 0.1) is 10.6 Å². The van der Waals surface area contributed by atoms with Gasteiger partial charge >= 0.3 is 5.69 Å². The molecule has 152 valence electrons. The second kappa shape index (κ2) is 8.08. The van der Waals surface area contributed by atoms with Gasteiger partial charge in [-0.25, -0.2) is 4.98 Å². The van der Waals surface area contributed by atoms with Crippen LogP contribution in [0.25, 0.3) is 10.9 Å². The summed E-state index contributed by atoms with van der Waals surface area (Å²) in [7, 11) is 1.87. The molecule has 4 rings (SSSR count). The van der Waals surface area contributed by atoms with Crippen LogP contribution in [0.1, 0.15) is 11.1 Å². The third-order valence-electron chi connectivity index (χ3n) is 4.83. The molecule has 2 aromatic carbocycles. The fraction of sp³-hybridized carbons (Fsp3) is 0.143. The van der Waals surface area contributed by atoms with Crippen molar-refractivity contribution in [3.8, 4) is 0 Å². The molecule has 0 spiro atoms. The second-order valence-electron chi connectivity index (χ2n) is 6.81. The molecule has 0 aliphatic rings. The van der Waals surface area contributed by atoms with Crippen LogP contribution in [0.3, 0.4) is 0 Å². The lowest BCUT2D eigenvalue weighted by Crippen LogP contribution is -2.08. The van der Waals surface area contributed by atoms with Crippen LogP contribution in [-0.4, -0.2) is 26.9 Å². The highest BCUT2D eigenvalue weighted by molar-refractivity contribution is 5.93. The van der Waals surface area contributed by atoms with Gasteiger partial charge in [0, 0.05) is 36.4 Å². The molecule has 9 nitrogen and oxygen atoms in total. The minimum absolute atomic E-state index is 0.161. The van der Waals surface area contributed by atoms with Crippen molar-refractivity contribution in [2.24, 2.45) is 0 Å². The Balaban J connectivity index is 1.59. The Morgan fingerprint density at radius 1 is 1.17 bits per heavy atom. The van der Waals surface area contributed by atoms with E-state index in [9.17, 15) is 10.1 Å². The van der Waals surface area contributed by atoms with Gasteiger partial charge in [-0.05, 0) is 42.3 Å². The molecule has 9 heteroatoms. The van der Waals surface area contributed by atoms with Crippen LogP contribution in [0.5, 0.6) is 0 Å². The van der Waals surface area contributed by atoms with E-state index in [1.54, 1.807) is 0 Å². The maximum atomic E-state index is 11.4. The fourth-order valence-corrected chi connectivity index (χ4v) is 3.32. The zero-order chi connectivity index (χ0) is 21.1. The van der Waals surface area contributed by atoms with Crippen LogP contribution < -0.4 is 16.0 Å². The smallest absolute Gasteiger partial charge is 0.329 e. The molecule has 4 N–H and O–H groups in total. The van der Waals surface area contributed by atoms with Crippen LogP contribution in [0, 0.1) is 17.0 Å². The standard InChI is InChI=1S/C21H21N7O2/c1-13-10-14(6-7-16(13)22-2)11-24-20-19(28(29)30)12-25-21(27-20)26-18-5-3-4-17-15(18)8-9-23-17/h3-10,12,22-23H,11H2,1-2H3,(H2,24,25,26,27). The predicted molar refractivity (Wildman–Crippen MR) is 118 cm³/mol. The first-order valence-corrected chi connectivity index (χ1v) is 9.41. The van der Waals surface area contributed by atoms with Crippen molar-refractivity contribution in [1.82, 2.24) is 15.0 Å². The molecule has 0 radical (unpaired) electrons. The summed E-state index contributed by atoms with van der Waals surface area (Å²) in [4.78, 5) is 22.6. The predicted octanol–water partition coefficient (Wildman–Crippen LogP) is 4.57. The van der Waals surface area contributed by atoms with E-state index in [0.29, 0.717) is 6.54 Å². The Bertz CT molecular complexity index is 1220. The van der Waals surface area contributed by atoms with Gasteiger partial charge in [0.15, 0.2) is 0 Å². The lowest BCUT2D eigenvalue weighted by atomic mass is 10.1. The van der Waals surface area contributed by atoms with Gasteiger partial charge in [-0.15, -0.1) is 0 Å². The average molecular weight is 403 g/mol. The molecule has 0 unspecified atom stereocenters. The van der Waals surface area contributed by atoms with Crippen molar-refractivity contribution < 1.29 is 4.92 Å². The number of aromatic amines is 1. The fourth-order valence-electron chi connectivity index (χ4n) is 3.32. The number of benzene rings is 2. The third kappa shape index (κ3) is 3.86. The number of anilines is 4. The summed E-state index contributed by atoms with van der Waals surface area (Å²) >= 11 is 0. The maximum absolute atomic E-state index is 11.4. The number of hydrogen-bond donors (Lipinski definition) is 4.